The third-order valence-electron chi connectivity index (χ3n) is 3.08. The van der Waals surface area contributed by atoms with E-state index in [0.29, 0.717) is 21.9 Å². The van der Waals surface area contributed by atoms with E-state index in [2.05, 4.69) is 9.97 Å². The molecule has 2 heterocycles. The van der Waals surface area contributed by atoms with Crippen molar-refractivity contribution < 1.29 is 0 Å². The number of nitrogens with two attached hydrogens (primary N) is 2. The Balaban J connectivity index is 2.47. The highest BCUT2D eigenvalue weighted by molar-refractivity contribution is 6.31. The van der Waals surface area contributed by atoms with Gasteiger partial charge < -0.3 is 16.5 Å². The van der Waals surface area contributed by atoms with Crippen LogP contribution in [0.3, 0.4) is 0 Å². The molecule has 0 unspecified atom stereocenters. The van der Waals surface area contributed by atoms with Gasteiger partial charge in [-0.15, -0.1) is 0 Å². The number of anilines is 2. The van der Waals surface area contributed by atoms with E-state index in [1.54, 1.807) is 36.5 Å². The molecule has 1 aromatic carbocycles. The number of nitrogen functional groups attached to an aromatic ring is 2. The minimum Gasteiger partial charge on any atom is -0.394 e. The Morgan fingerprint density at radius 3 is 2.70 bits per heavy atom. The van der Waals surface area contributed by atoms with Crippen molar-refractivity contribution in [2.75, 3.05) is 11.5 Å². The standard InChI is InChI=1S/C14H11ClN4O/c15-8-1-2-10-9(6-8)12(13(17)14(20)19-10)7-3-4-18-11(16)5-7/h1-6H,17H2,(H2,16,18)(H,19,20). The average molecular weight is 287 g/mol. The SMILES string of the molecule is Nc1cc(-c2c(N)c(=O)[nH]c3ccc(Cl)cc23)ccn1. The lowest BCUT2D eigenvalue weighted by Crippen LogP contribution is -2.13. The molecule has 0 amide bonds. The predicted octanol–water partition coefficient (Wildman–Crippen LogP) is 2.41. The third-order valence-corrected chi connectivity index (χ3v) is 3.32. The average Bonchev–Trinajstić information content (AvgIpc) is 2.41. The lowest BCUT2D eigenvalue weighted by atomic mass is 10.0. The van der Waals surface area contributed by atoms with E-state index in [1.807, 2.05) is 0 Å². The van der Waals surface area contributed by atoms with Gasteiger partial charge >= 0.3 is 0 Å². The highest BCUT2D eigenvalue weighted by atomic mass is 35.5. The fourth-order valence-corrected chi connectivity index (χ4v) is 2.37. The van der Waals surface area contributed by atoms with Crippen LogP contribution in [-0.2, 0) is 0 Å². The Bertz CT molecular complexity index is 873. The van der Waals surface area contributed by atoms with Gasteiger partial charge in [-0.25, -0.2) is 4.98 Å². The number of hydrogen-bond donors (Lipinski definition) is 3. The molecule has 5 N–H and O–H groups in total. The van der Waals surface area contributed by atoms with Crippen molar-refractivity contribution >= 4 is 34.0 Å². The summed E-state index contributed by atoms with van der Waals surface area (Å²) in [6.07, 6.45) is 1.57. The number of pyridine rings is 2. The molecular formula is C14H11ClN4O. The fourth-order valence-electron chi connectivity index (χ4n) is 2.20. The van der Waals surface area contributed by atoms with Crippen molar-refractivity contribution in [1.29, 1.82) is 0 Å². The van der Waals surface area contributed by atoms with Crippen LogP contribution in [0.15, 0.2) is 41.3 Å². The van der Waals surface area contributed by atoms with E-state index >= 15 is 0 Å². The van der Waals surface area contributed by atoms with Gasteiger partial charge in [0.2, 0.25) is 0 Å². The summed E-state index contributed by atoms with van der Waals surface area (Å²) < 4.78 is 0. The summed E-state index contributed by atoms with van der Waals surface area (Å²) >= 11 is 6.03. The van der Waals surface area contributed by atoms with Crippen molar-refractivity contribution in [1.82, 2.24) is 9.97 Å². The van der Waals surface area contributed by atoms with Gasteiger partial charge in [-0.05, 0) is 35.9 Å². The van der Waals surface area contributed by atoms with Gasteiger partial charge in [0.1, 0.15) is 11.5 Å². The Kier molecular flexibility index (Phi) is 2.84. The highest BCUT2D eigenvalue weighted by Crippen LogP contribution is 2.32. The number of aromatic amines is 1. The monoisotopic (exact) mass is 286 g/mol. The maximum atomic E-state index is 11.9. The highest BCUT2D eigenvalue weighted by Gasteiger charge is 2.12. The number of halogens is 1. The van der Waals surface area contributed by atoms with Crippen molar-refractivity contribution in [2.45, 2.75) is 0 Å². The predicted molar refractivity (Wildman–Crippen MR) is 81.6 cm³/mol. The van der Waals surface area contributed by atoms with E-state index < -0.39 is 0 Å². The van der Waals surface area contributed by atoms with Crippen molar-refractivity contribution in [3.63, 3.8) is 0 Å². The van der Waals surface area contributed by atoms with Crippen LogP contribution in [0.4, 0.5) is 11.5 Å². The van der Waals surface area contributed by atoms with E-state index in [0.717, 1.165) is 10.9 Å². The molecule has 0 saturated carbocycles. The first kappa shape index (κ1) is 12.5. The maximum absolute atomic E-state index is 11.9. The molecule has 3 rings (SSSR count). The summed E-state index contributed by atoms with van der Waals surface area (Å²) in [6, 6.07) is 8.63. The Labute approximate surface area is 119 Å². The Morgan fingerprint density at radius 1 is 1.15 bits per heavy atom. The van der Waals surface area contributed by atoms with Gasteiger partial charge in [-0.3, -0.25) is 4.79 Å². The molecule has 0 fully saturated rings. The smallest absolute Gasteiger partial charge is 0.272 e. The van der Waals surface area contributed by atoms with Crippen LogP contribution in [-0.4, -0.2) is 9.97 Å². The third kappa shape index (κ3) is 1.98. The number of H-pyrrole nitrogens is 1. The topological polar surface area (TPSA) is 97.8 Å². The van der Waals surface area contributed by atoms with Crippen LogP contribution in [0.5, 0.6) is 0 Å². The second-order valence-corrected chi connectivity index (χ2v) is 4.84. The molecule has 0 aliphatic carbocycles. The minimum absolute atomic E-state index is 0.130. The molecule has 0 atom stereocenters. The first-order valence-corrected chi connectivity index (χ1v) is 6.27. The zero-order chi connectivity index (χ0) is 14.3. The lowest BCUT2D eigenvalue weighted by Gasteiger charge is -2.10. The van der Waals surface area contributed by atoms with E-state index in [9.17, 15) is 4.79 Å². The van der Waals surface area contributed by atoms with Crippen molar-refractivity contribution in [2.24, 2.45) is 0 Å². The molecule has 6 heteroatoms. The summed E-state index contributed by atoms with van der Waals surface area (Å²) in [5, 5.41) is 1.33. The van der Waals surface area contributed by atoms with Gasteiger partial charge in [0.25, 0.3) is 5.56 Å². The molecule has 0 radical (unpaired) electrons. The molecule has 0 saturated heterocycles. The second-order valence-electron chi connectivity index (χ2n) is 4.40. The van der Waals surface area contributed by atoms with Gasteiger partial charge in [0.15, 0.2) is 0 Å². The summed E-state index contributed by atoms with van der Waals surface area (Å²) in [5.74, 6) is 0.359. The van der Waals surface area contributed by atoms with Crippen molar-refractivity contribution in [3.8, 4) is 11.1 Å². The lowest BCUT2D eigenvalue weighted by molar-refractivity contribution is 1.30. The largest absolute Gasteiger partial charge is 0.394 e. The summed E-state index contributed by atoms with van der Waals surface area (Å²) in [7, 11) is 0. The van der Waals surface area contributed by atoms with Gasteiger partial charge in [-0.1, -0.05) is 11.6 Å². The number of nitrogens with one attached hydrogen (secondary N) is 1. The molecule has 20 heavy (non-hydrogen) atoms. The molecule has 0 aliphatic heterocycles. The zero-order valence-corrected chi connectivity index (χ0v) is 11.1. The van der Waals surface area contributed by atoms with Crippen LogP contribution in [0.2, 0.25) is 5.02 Å². The van der Waals surface area contributed by atoms with Crippen LogP contribution in [0.1, 0.15) is 0 Å². The number of benzene rings is 1. The van der Waals surface area contributed by atoms with Crippen molar-refractivity contribution in [3.05, 3.63) is 51.9 Å². The molecule has 100 valence electrons. The number of hydrogen-bond acceptors (Lipinski definition) is 4. The molecule has 2 aromatic heterocycles. The molecule has 3 aromatic rings. The summed E-state index contributed by atoms with van der Waals surface area (Å²) in [5.41, 5.74) is 13.4. The van der Waals surface area contributed by atoms with Crippen LogP contribution < -0.4 is 17.0 Å². The Hall–Kier alpha value is -2.53. The normalized spacial score (nSPS) is 10.8. The molecular weight excluding hydrogens is 276 g/mol. The number of nitrogens with zero attached hydrogens (tertiary/aromatic N) is 1. The van der Waals surface area contributed by atoms with Gasteiger partial charge in [0, 0.05) is 27.7 Å². The van der Waals surface area contributed by atoms with E-state index in [1.165, 1.54) is 0 Å². The van der Waals surface area contributed by atoms with E-state index in [-0.39, 0.29) is 11.2 Å². The maximum Gasteiger partial charge on any atom is 0.272 e. The fraction of sp³-hybridized carbons (Fsp3) is 0. The number of fused-ring (bicyclic) bond motifs is 1. The van der Waals surface area contributed by atoms with Crippen LogP contribution in [0, 0.1) is 0 Å². The zero-order valence-electron chi connectivity index (χ0n) is 10.4. The van der Waals surface area contributed by atoms with Crippen LogP contribution in [0.25, 0.3) is 22.0 Å². The first-order valence-electron chi connectivity index (χ1n) is 5.89. The summed E-state index contributed by atoms with van der Waals surface area (Å²) in [4.78, 5) is 18.6. The first-order chi connectivity index (χ1) is 9.56. The molecule has 0 aliphatic rings. The summed E-state index contributed by atoms with van der Waals surface area (Å²) in [6.45, 7) is 0. The van der Waals surface area contributed by atoms with Gasteiger partial charge in [-0.2, -0.15) is 0 Å². The van der Waals surface area contributed by atoms with E-state index in [4.69, 9.17) is 23.1 Å². The van der Waals surface area contributed by atoms with Crippen LogP contribution >= 0.6 is 11.6 Å². The minimum atomic E-state index is -0.342. The molecule has 0 bridgehead atoms. The molecule has 5 nitrogen and oxygen atoms in total. The number of rotatable bonds is 1. The van der Waals surface area contributed by atoms with Gasteiger partial charge in [0.05, 0.1) is 0 Å². The Morgan fingerprint density at radius 2 is 1.95 bits per heavy atom. The second kappa shape index (κ2) is 4.54. The quantitative estimate of drug-likeness (QED) is 0.640. The number of aromatic nitrogens is 2. The molecule has 0 spiro atoms.